The summed E-state index contributed by atoms with van der Waals surface area (Å²) in [5, 5.41) is 5.90. The van der Waals surface area contributed by atoms with Crippen molar-refractivity contribution in [3.63, 3.8) is 0 Å². The van der Waals surface area contributed by atoms with E-state index in [9.17, 15) is 9.59 Å². The second-order valence-electron chi connectivity index (χ2n) is 8.86. The SMILES string of the molecule is Cc1cccn2cc(C(=O)NCc3cccc(C(=O)Nc4ccc5c(c4)CN(C)CC5)c3)nc12. The van der Waals surface area contributed by atoms with Crippen LogP contribution in [0.4, 0.5) is 5.69 Å². The van der Waals surface area contributed by atoms with Crippen LogP contribution in [-0.4, -0.2) is 39.7 Å². The Labute approximate surface area is 198 Å². The molecule has 2 aromatic carbocycles. The van der Waals surface area contributed by atoms with E-state index in [-0.39, 0.29) is 11.8 Å². The molecule has 34 heavy (non-hydrogen) atoms. The van der Waals surface area contributed by atoms with Crippen molar-refractivity contribution in [3.8, 4) is 0 Å². The van der Waals surface area contributed by atoms with Crippen molar-refractivity contribution in [2.24, 2.45) is 0 Å². The van der Waals surface area contributed by atoms with Crippen LogP contribution in [0.5, 0.6) is 0 Å². The smallest absolute Gasteiger partial charge is 0.271 e. The minimum absolute atomic E-state index is 0.173. The number of amides is 2. The van der Waals surface area contributed by atoms with Gasteiger partial charge in [-0.15, -0.1) is 0 Å². The van der Waals surface area contributed by atoms with Crippen LogP contribution >= 0.6 is 0 Å². The molecule has 1 aliphatic heterocycles. The van der Waals surface area contributed by atoms with Crippen LogP contribution in [0, 0.1) is 6.92 Å². The maximum atomic E-state index is 12.9. The first-order chi connectivity index (χ1) is 16.5. The summed E-state index contributed by atoms with van der Waals surface area (Å²) in [7, 11) is 2.11. The zero-order valence-electron chi connectivity index (χ0n) is 19.3. The molecule has 0 atom stereocenters. The molecular formula is C27H27N5O2. The van der Waals surface area contributed by atoms with Crippen LogP contribution in [0.1, 0.15) is 43.1 Å². The summed E-state index contributed by atoms with van der Waals surface area (Å²) in [6.07, 6.45) is 4.62. The molecule has 0 saturated carbocycles. The highest BCUT2D eigenvalue weighted by Crippen LogP contribution is 2.22. The lowest BCUT2D eigenvalue weighted by Crippen LogP contribution is -2.26. The van der Waals surface area contributed by atoms with Gasteiger partial charge in [0.05, 0.1) is 0 Å². The molecule has 0 spiro atoms. The van der Waals surface area contributed by atoms with Gasteiger partial charge in [0.2, 0.25) is 0 Å². The molecule has 5 rings (SSSR count). The predicted molar refractivity (Wildman–Crippen MR) is 132 cm³/mol. The molecule has 2 aromatic heterocycles. The Kier molecular flexibility index (Phi) is 5.86. The quantitative estimate of drug-likeness (QED) is 0.482. The molecule has 7 nitrogen and oxygen atoms in total. The minimum atomic E-state index is -0.253. The summed E-state index contributed by atoms with van der Waals surface area (Å²) in [6, 6.07) is 17.3. The summed E-state index contributed by atoms with van der Waals surface area (Å²) < 4.78 is 1.84. The van der Waals surface area contributed by atoms with Gasteiger partial charge in [0.15, 0.2) is 0 Å². The van der Waals surface area contributed by atoms with Gasteiger partial charge in [-0.05, 0) is 73.0 Å². The molecular weight excluding hydrogens is 426 g/mol. The van der Waals surface area contributed by atoms with Crippen molar-refractivity contribution in [2.75, 3.05) is 18.9 Å². The minimum Gasteiger partial charge on any atom is -0.347 e. The van der Waals surface area contributed by atoms with Crippen molar-refractivity contribution in [3.05, 3.63) is 101 Å². The molecule has 0 unspecified atom stereocenters. The third kappa shape index (κ3) is 4.56. The van der Waals surface area contributed by atoms with E-state index in [0.717, 1.165) is 42.0 Å². The van der Waals surface area contributed by atoms with Gasteiger partial charge in [0.25, 0.3) is 11.8 Å². The molecule has 3 heterocycles. The highest BCUT2D eigenvalue weighted by Gasteiger charge is 2.15. The largest absolute Gasteiger partial charge is 0.347 e. The topological polar surface area (TPSA) is 78.7 Å². The number of anilines is 1. The Morgan fingerprint density at radius 3 is 2.76 bits per heavy atom. The van der Waals surface area contributed by atoms with Gasteiger partial charge in [0.1, 0.15) is 11.3 Å². The number of carbonyl (C=O) groups is 2. The molecule has 0 radical (unpaired) electrons. The second kappa shape index (κ2) is 9.11. The van der Waals surface area contributed by atoms with Crippen LogP contribution in [0.15, 0.2) is 67.0 Å². The van der Waals surface area contributed by atoms with Crippen molar-refractivity contribution in [1.29, 1.82) is 0 Å². The summed E-state index contributed by atoms with van der Waals surface area (Å²) in [6.45, 7) is 4.21. The number of fused-ring (bicyclic) bond motifs is 2. The zero-order valence-corrected chi connectivity index (χ0v) is 19.3. The Balaban J connectivity index is 1.24. The number of hydrogen-bond acceptors (Lipinski definition) is 4. The van der Waals surface area contributed by atoms with Crippen LogP contribution < -0.4 is 10.6 Å². The van der Waals surface area contributed by atoms with Crippen molar-refractivity contribution >= 4 is 23.1 Å². The fourth-order valence-electron chi connectivity index (χ4n) is 4.34. The van der Waals surface area contributed by atoms with Gasteiger partial charge in [-0.25, -0.2) is 4.98 Å². The number of nitrogens with one attached hydrogen (secondary N) is 2. The molecule has 172 valence electrons. The van der Waals surface area contributed by atoms with Gasteiger partial charge in [-0.1, -0.05) is 24.3 Å². The maximum Gasteiger partial charge on any atom is 0.271 e. The highest BCUT2D eigenvalue weighted by atomic mass is 16.2. The summed E-state index contributed by atoms with van der Waals surface area (Å²) >= 11 is 0. The van der Waals surface area contributed by atoms with Crippen LogP contribution in [0.25, 0.3) is 5.65 Å². The number of aromatic nitrogens is 2. The van der Waals surface area contributed by atoms with E-state index in [1.165, 1.54) is 11.1 Å². The Morgan fingerprint density at radius 2 is 1.91 bits per heavy atom. The number of aryl methyl sites for hydroxylation is 1. The predicted octanol–water partition coefficient (Wildman–Crippen LogP) is 3.81. The average molecular weight is 454 g/mol. The highest BCUT2D eigenvalue weighted by molar-refractivity contribution is 6.04. The molecule has 1 aliphatic rings. The van der Waals surface area contributed by atoms with Gasteiger partial charge in [-0.2, -0.15) is 0 Å². The van der Waals surface area contributed by atoms with E-state index in [2.05, 4.69) is 39.7 Å². The number of hydrogen-bond donors (Lipinski definition) is 2. The van der Waals surface area contributed by atoms with Crippen LogP contribution in [0.3, 0.4) is 0 Å². The normalized spacial score (nSPS) is 13.5. The number of imidazole rings is 1. The molecule has 0 aliphatic carbocycles. The summed E-state index contributed by atoms with van der Waals surface area (Å²) in [4.78, 5) is 32.2. The summed E-state index contributed by atoms with van der Waals surface area (Å²) in [5.41, 5.74) is 6.91. The maximum absolute atomic E-state index is 12.9. The molecule has 4 aromatic rings. The molecule has 2 amide bonds. The number of pyridine rings is 1. The lowest BCUT2D eigenvalue weighted by atomic mass is 9.99. The number of benzene rings is 2. The lowest BCUT2D eigenvalue weighted by Gasteiger charge is -2.25. The molecule has 7 heteroatoms. The Bertz CT molecular complexity index is 1390. The number of likely N-dealkylation sites (N-methyl/N-ethyl adjacent to an activating group) is 1. The van der Waals surface area contributed by atoms with E-state index in [1.54, 1.807) is 18.3 Å². The van der Waals surface area contributed by atoms with Crippen molar-refractivity contribution in [2.45, 2.75) is 26.4 Å². The van der Waals surface area contributed by atoms with E-state index < -0.39 is 0 Å². The fraction of sp³-hybridized carbons (Fsp3) is 0.222. The molecule has 0 bridgehead atoms. The monoisotopic (exact) mass is 453 g/mol. The Hall–Kier alpha value is -3.97. The van der Waals surface area contributed by atoms with Crippen LogP contribution in [-0.2, 0) is 19.5 Å². The van der Waals surface area contributed by atoms with E-state index >= 15 is 0 Å². The zero-order chi connectivity index (χ0) is 23.7. The van der Waals surface area contributed by atoms with E-state index in [4.69, 9.17) is 0 Å². The van der Waals surface area contributed by atoms with Crippen LogP contribution in [0.2, 0.25) is 0 Å². The fourth-order valence-corrected chi connectivity index (χ4v) is 4.34. The number of rotatable bonds is 5. The van der Waals surface area contributed by atoms with Gasteiger partial charge in [0, 0.05) is 43.3 Å². The van der Waals surface area contributed by atoms with Gasteiger partial charge < -0.3 is 19.9 Å². The van der Waals surface area contributed by atoms with Crippen molar-refractivity contribution < 1.29 is 9.59 Å². The first kappa shape index (κ1) is 21.9. The standard InChI is InChI=1S/C27H27N5O2/c1-18-5-4-11-32-17-24(30-25(18)32)27(34)28-15-19-6-3-7-21(13-19)26(33)29-23-9-8-20-10-12-31(2)16-22(20)14-23/h3-9,11,13-14,17H,10,12,15-16H2,1-2H3,(H,28,34)(H,29,33). The molecule has 2 N–H and O–H groups in total. The first-order valence-electron chi connectivity index (χ1n) is 11.4. The number of nitrogens with zero attached hydrogens (tertiary/aromatic N) is 3. The second-order valence-corrected chi connectivity index (χ2v) is 8.86. The third-order valence-corrected chi connectivity index (χ3v) is 6.22. The first-order valence-corrected chi connectivity index (χ1v) is 11.4. The van der Waals surface area contributed by atoms with Gasteiger partial charge in [-0.3, -0.25) is 9.59 Å². The third-order valence-electron chi connectivity index (χ3n) is 6.22. The lowest BCUT2D eigenvalue weighted by molar-refractivity contribution is 0.0946. The number of carbonyl (C=O) groups excluding carboxylic acids is 2. The van der Waals surface area contributed by atoms with E-state index in [0.29, 0.717) is 17.8 Å². The molecule has 0 fully saturated rings. The van der Waals surface area contributed by atoms with Gasteiger partial charge >= 0.3 is 0 Å². The average Bonchev–Trinajstić information content (AvgIpc) is 3.28. The Morgan fingerprint density at radius 1 is 1.03 bits per heavy atom. The summed E-state index contributed by atoms with van der Waals surface area (Å²) in [5.74, 6) is -0.426. The molecule has 0 saturated heterocycles. The van der Waals surface area contributed by atoms with Crippen molar-refractivity contribution in [1.82, 2.24) is 19.6 Å². The van der Waals surface area contributed by atoms with E-state index in [1.807, 2.05) is 47.9 Å².